The second-order valence-corrected chi connectivity index (χ2v) is 5.65. The molecule has 0 aromatic heterocycles. The van der Waals surface area contributed by atoms with Crippen molar-refractivity contribution in [3.05, 3.63) is 28.8 Å². The zero-order valence-electron chi connectivity index (χ0n) is 11.1. The Hall–Kier alpha value is -1.89. The lowest BCUT2D eigenvalue weighted by Crippen LogP contribution is -2.37. The second kappa shape index (κ2) is 5.48. The first-order chi connectivity index (χ1) is 9.73. The number of urea groups is 1. The number of hydrogen-bond acceptors (Lipinski definition) is 2. The number of likely N-dealkylation sites (tertiary alicyclic amines) is 1. The molecule has 8 heteroatoms. The van der Waals surface area contributed by atoms with Gasteiger partial charge in [-0.25, -0.2) is 13.6 Å². The highest BCUT2D eigenvalue weighted by Gasteiger charge is 2.42. The smallest absolute Gasteiger partial charge is 0.322 e. The van der Waals surface area contributed by atoms with Crippen LogP contribution < -0.4 is 5.32 Å². The summed E-state index contributed by atoms with van der Waals surface area (Å²) in [6.07, 6.45) is 0.279. The summed E-state index contributed by atoms with van der Waals surface area (Å²) in [6.45, 7) is 1.70. The van der Waals surface area contributed by atoms with E-state index in [0.717, 1.165) is 12.1 Å². The van der Waals surface area contributed by atoms with Crippen LogP contribution in [0.3, 0.4) is 0 Å². The number of aliphatic carboxylic acids is 1. The van der Waals surface area contributed by atoms with Gasteiger partial charge in [0.2, 0.25) is 0 Å². The lowest BCUT2D eigenvalue weighted by Gasteiger charge is -2.20. The average Bonchev–Trinajstić information content (AvgIpc) is 2.78. The Balaban J connectivity index is 2.12. The molecule has 21 heavy (non-hydrogen) atoms. The van der Waals surface area contributed by atoms with Crippen molar-refractivity contribution in [3.63, 3.8) is 0 Å². The van der Waals surface area contributed by atoms with Crippen LogP contribution in [0.4, 0.5) is 19.3 Å². The molecular weight excluding hydrogens is 306 g/mol. The standard InChI is InChI=1S/C13H13ClF2N2O3/c1-13(11(19)20)2-3-18(6-13)12(21)17-10-8(15)4-7(14)5-9(10)16/h4-5H,2-3,6H2,1H3,(H,17,21)(H,19,20). The molecule has 2 amide bonds. The summed E-state index contributed by atoms with van der Waals surface area (Å²) >= 11 is 5.49. The van der Waals surface area contributed by atoms with Crippen molar-refractivity contribution < 1.29 is 23.5 Å². The summed E-state index contributed by atoms with van der Waals surface area (Å²) < 4.78 is 27.2. The van der Waals surface area contributed by atoms with Gasteiger partial charge >= 0.3 is 12.0 Å². The maximum absolute atomic E-state index is 13.6. The first-order valence-electron chi connectivity index (χ1n) is 6.17. The average molecular weight is 319 g/mol. The van der Waals surface area contributed by atoms with E-state index in [2.05, 4.69) is 5.32 Å². The van der Waals surface area contributed by atoms with Crippen LogP contribution in [0.2, 0.25) is 5.02 Å². The molecule has 1 atom stereocenters. The van der Waals surface area contributed by atoms with Crippen molar-refractivity contribution in [2.24, 2.45) is 5.41 Å². The molecule has 0 radical (unpaired) electrons. The molecule has 1 aromatic rings. The number of rotatable bonds is 2. The largest absolute Gasteiger partial charge is 0.481 e. The first kappa shape index (κ1) is 15.5. The zero-order valence-corrected chi connectivity index (χ0v) is 11.9. The maximum Gasteiger partial charge on any atom is 0.322 e. The Morgan fingerprint density at radius 1 is 1.38 bits per heavy atom. The van der Waals surface area contributed by atoms with Gasteiger partial charge in [0.15, 0.2) is 11.6 Å². The highest BCUT2D eigenvalue weighted by atomic mass is 35.5. The van der Waals surface area contributed by atoms with E-state index in [1.807, 2.05) is 0 Å². The zero-order chi connectivity index (χ0) is 15.8. The van der Waals surface area contributed by atoms with E-state index in [4.69, 9.17) is 16.7 Å². The van der Waals surface area contributed by atoms with Gasteiger partial charge in [-0.1, -0.05) is 11.6 Å². The number of carbonyl (C=O) groups is 2. The van der Waals surface area contributed by atoms with Crippen LogP contribution in [0.25, 0.3) is 0 Å². The third-order valence-electron chi connectivity index (χ3n) is 3.52. The molecule has 0 aliphatic carbocycles. The predicted octanol–water partition coefficient (Wildman–Crippen LogP) is 2.95. The van der Waals surface area contributed by atoms with Crippen molar-refractivity contribution in [1.82, 2.24) is 4.90 Å². The van der Waals surface area contributed by atoms with Crippen LogP contribution in [0.1, 0.15) is 13.3 Å². The van der Waals surface area contributed by atoms with Gasteiger partial charge in [-0.2, -0.15) is 0 Å². The van der Waals surface area contributed by atoms with E-state index in [-0.39, 0.29) is 24.5 Å². The summed E-state index contributed by atoms with van der Waals surface area (Å²) in [5.41, 5.74) is -1.65. The van der Waals surface area contributed by atoms with Crippen LogP contribution >= 0.6 is 11.6 Å². The number of carbonyl (C=O) groups excluding carboxylic acids is 1. The van der Waals surface area contributed by atoms with Gasteiger partial charge in [0.1, 0.15) is 5.69 Å². The third kappa shape index (κ3) is 3.07. The number of halogens is 3. The molecule has 1 fully saturated rings. The lowest BCUT2D eigenvalue weighted by molar-refractivity contribution is -0.146. The van der Waals surface area contributed by atoms with E-state index >= 15 is 0 Å². The number of anilines is 1. The van der Waals surface area contributed by atoms with E-state index < -0.39 is 34.7 Å². The van der Waals surface area contributed by atoms with Crippen LogP contribution in [0.5, 0.6) is 0 Å². The minimum absolute atomic E-state index is 0.0228. The van der Waals surface area contributed by atoms with E-state index in [9.17, 15) is 18.4 Å². The second-order valence-electron chi connectivity index (χ2n) is 5.21. The topological polar surface area (TPSA) is 69.6 Å². The third-order valence-corrected chi connectivity index (χ3v) is 3.73. The molecule has 2 rings (SSSR count). The number of carboxylic acids is 1. The van der Waals surface area contributed by atoms with E-state index in [1.165, 1.54) is 11.8 Å². The SMILES string of the molecule is CC1(C(=O)O)CCN(C(=O)Nc2c(F)cc(Cl)cc2F)C1. The Bertz CT molecular complexity index is 588. The molecule has 0 bridgehead atoms. The van der Waals surface area contributed by atoms with Crippen LogP contribution in [-0.2, 0) is 4.79 Å². The molecule has 1 heterocycles. The molecule has 1 unspecified atom stereocenters. The Morgan fingerprint density at radius 3 is 2.43 bits per heavy atom. The molecule has 5 nitrogen and oxygen atoms in total. The molecule has 1 aliphatic rings. The van der Waals surface area contributed by atoms with Gasteiger partial charge in [0.05, 0.1) is 5.41 Å². The molecule has 1 saturated heterocycles. The quantitative estimate of drug-likeness (QED) is 0.881. The van der Waals surface area contributed by atoms with Gasteiger partial charge in [0.25, 0.3) is 0 Å². The fourth-order valence-corrected chi connectivity index (χ4v) is 2.35. The summed E-state index contributed by atoms with van der Waals surface area (Å²) in [7, 11) is 0. The van der Waals surface area contributed by atoms with Crippen molar-refractivity contribution in [3.8, 4) is 0 Å². The minimum Gasteiger partial charge on any atom is -0.481 e. The highest BCUT2D eigenvalue weighted by Crippen LogP contribution is 2.31. The number of nitrogens with zero attached hydrogens (tertiary/aromatic N) is 1. The van der Waals surface area contributed by atoms with Gasteiger partial charge < -0.3 is 15.3 Å². The number of nitrogens with one attached hydrogen (secondary N) is 1. The number of amides is 2. The normalized spacial score (nSPS) is 21.4. The predicted molar refractivity (Wildman–Crippen MR) is 72.3 cm³/mol. The van der Waals surface area contributed by atoms with Gasteiger partial charge in [-0.05, 0) is 25.5 Å². The molecule has 1 aliphatic heterocycles. The number of carboxylic acid groups (broad SMARTS) is 1. The molecule has 1 aromatic carbocycles. The highest BCUT2D eigenvalue weighted by molar-refractivity contribution is 6.30. The van der Waals surface area contributed by atoms with E-state index in [1.54, 1.807) is 0 Å². The van der Waals surface area contributed by atoms with Crippen molar-refractivity contribution in [2.45, 2.75) is 13.3 Å². The Labute approximate surface area is 124 Å². The minimum atomic E-state index is -1.05. The molecule has 0 saturated carbocycles. The van der Waals surface area contributed by atoms with E-state index in [0.29, 0.717) is 0 Å². The lowest BCUT2D eigenvalue weighted by atomic mass is 9.90. The van der Waals surface area contributed by atoms with Crippen molar-refractivity contribution >= 4 is 29.3 Å². The summed E-state index contributed by atoms with van der Waals surface area (Å²) in [5, 5.41) is 11.1. The van der Waals surface area contributed by atoms with Gasteiger partial charge in [0, 0.05) is 18.1 Å². The summed E-state index contributed by atoms with van der Waals surface area (Å²) in [5.74, 6) is -3.00. The summed E-state index contributed by atoms with van der Waals surface area (Å²) in [6, 6.07) is 1.01. The monoisotopic (exact) mass is 318 g/mol. The first-order valence-corrected chi connectivity index (χ1v) is 6.54. The molecule has 2 N–H and O–H groups in total. The summed E-state index contributed by atoms with van der Waals surface area (Å²) in [4.78, 5) is 24.3. The Morgan fingerprint density at radius 2 is 1.95 bits per heavy atom. The van der Waals surface area contributed by atoms with Crippen LogP contribution in [-0.4, -0.2) is 35.1 Å². The van der Waals surface area contributed by atoms with Crippen LogP contribution in [0.15, 0.2) is 12.1 Å². The van der Waals surface area contributed by atoms with Gasteiger partial charge in [-0.3, -0.25) is 4.79 Å². The number of hydrogen-bond donors (Lipinski definition) is 2. The maximum atomic E-state index is 13.6. The van der Waals surface area contributed by atoms with Crippen molar-refractivity contribution in [2.75, 3.05) is 18.4 Å². The molecular formula is C13H13ClF2N2O3. The molecule has 0 spiro atoms. The van der Waals surface area contributed by atoms with Crippen LogP contribution in [0, 0.1) is 17.0 Å². The van der Waals surface area contributed by atoms with Crippen molar-refractivity contribution in [1.29, 1.82) is 0 Å². The number of benzene rings is 1. The fraction of sp³-hybridized carbons (Fsp3) is 0.385. The molecule has 114 valence electrons. The Kier molecular flexibility index (Phi) is 4.04. The fourth-order valence-electron chi connectivity index (χ4n) is 2.16. The van der Waals surface area contributed by atoms with Gasteiger partial charge in [-0.15, -0.1) is 0 Å².